The highest BCUT2D eigenvalue weighted by molar-refractivity contribution is 5.83. The summed E-state index contributed by atoms with van der Waals surface area (Å²) in [5, 5.41) is 0. The number of hydrogen-bond acceptors (Lipinski definition) is 2. The van der Waals surface area contributed by atoms with E-state index in [4.69, 9.17) is 0 Å². The van der Waals surface area contributed by atoms with Crippen LogP contribution < -0.4 is 0 Å². The van der Waals surface area contributed by atoms with Gasteiger partial charge in [-0.3, -0.25) is 4.79 Å². The Bertz CT molecular complexity index is 184. The molecular formula is C9H15F2NO. The summed E-state index contributed by atoms with van der Waals surface area (Å²) >= 11 is 0. The second kappa shape index (κ2) is 4.65. The van der Waals surface area contributed by atoms with Crippen LogP contribution in [0.4, 0.5) is 8.78 Å². The lowest BCUT2D eigenvalue weighted by atomic mass is 10.1. The van der Waals surface area contributed by atoms with Crippen LogP contribution in [0.2, 0.25) is 0 Å². The van der Waals surface area contributed by atoms with E-state index in [1.165, 1.54) is 0 Å². The van der Waals surface area contributed by atoms with Crippen LogP contribution in [0, 0.1) is 5.92 Å². The topological polar surface area (TPSA) is 20.3 Å². The van der Waals surface area contributed by atoms with Crippen LogP contribution in [0.25, 0.3) is 0 Å². The lowest BCUT2D eigenvalue weighted by Crippen LogP contribution is -2.31. The molecule has 0 saturated heterocycles. The van der Waals surface area contributed by atoms with E-state index in [9.17, 15) is 13.6 Å². The van der Waals surface area contributed by atoms with Gasteiger partial charge in [-0.2, -0.15) is 0 Å². The Labute approximate surface area is 76.9 Å². The Kier molecular flexibility index (Phi) is 3.78. The second-order valence-electron chi connectivity index (χ2n) is 3.67. The van der Waals surface area contributed by atoms with Crippen LogP contribution in [0.3, 0.4) is 0 Å². The smallest absolute Gasteiger partial charge is 0.251 e. The van der Waals surface area contributed by atoms with Gasteiger partial charge in [0.1, 0.15) is 5.78 Å². The molecule has 1 saturated carbocycles. The summed E-state index contributed by atoms with van der Waals surface area (Å²) in [6, 6.07) is 0. The Hall–Kier alpha value is -0.510. The first-order chi connectivity index (χ1) is 6.09. The second-order valence-corrected chi connectivity index (χ2v) is 3.67. The Morgan fingerprint density at radius 1 is 1.62 bits per heavy atom. The molecule has 0 aromatic rings. The molecule has 1 aliphatic carbocycles. The lowest BCUT2D eigenvalue weighted by Gasteiger charge is -2.19. The predicted octanol–water partition coefficient (Wildman–Crippen LogP) is 1.55. The van der Waals surface area contributed by atoms with Crippen molar-refractivity contribution in [2.45, 2.75) is 25.7 Å². The normalized spacial score (nSPS) is 23.5. The maximum absolute atomic E-state index is 11.9. The maximum Gasteiger partial charge on any atom is 0.251 e. The molecule has 1 rings (SSSR count). The number of Topliss-reactive ketones (excluding diaryl/α,β-unsaturated/α-hetero) is 1. The van der Waals surface area contributed by atoms with Gasteiger partial charge in [0.25, 0.3) is 6.43 Å². The van der Waals surface area contributed by atoms with Gasteiger partial charge < -0.3 is 4.90 Å². The molecule has 0 spiro atoms. The van der Waals surface area contributed by atoms with Crippen molar-refractivity contribution in [1.82, 2.24) is 4.90 Å². The standard InChI is InChI=1S/C9H15F2NO/c1-12(6-9(10)11)5-7-3-2-4-8(7)13/h7,9H,2-6H2,1H3. The van der Waals surface area contributed by atoms with Gasteiger partial charge in [0.15, 0.2) is 0 Å². The van der Waals surface area contributed by atoms with Gasteiger partial charge in [-0.15, -0.1) is 0 Å². The first-order valence-corrected chi connectivity index (χ1v) is 4.59. The molecule has 0 radical (unpaired) electrons. The quantitative estimate of drug-likeness (QED) is 0.672. The van der Waals surface area contributed by atoms with Crippen LogP contribution in [-0.2, 0) is 4.79 Å². The summed E-state index contributed by atoms with van der Waals surface area (Å²) in [6.07, 6.45) is 0.118. The zero-order valence-electron chi connectivity index (χ0n) is 7.80. The van der Waals surface area contributed by atoms with Crippen LogP contribution in [0.1, 0.15) is 19.3 Å². The number of carbonyl (C=O) groups is 1. The molecule has 4 heteroatoms. The number of hydrogen-bond donors (Lipinski definition) is 0. The molecule has 1 atom stereocenters. The number of alkyl halides is 2. The Balaban J connectivity index is 2.27. The van der Waals surface area contributed by atoms with Gasteiger partial charge >= 0.3 is 0 Å². The average Bonchev–Trinajstić information content (AvgIpc) is 2.34. The van der Waals surface area contributed by atoms with Gasteiger partial charge in [0.05, 0.1) is 6.54 Å². The van der Waals surface area contributed by atoms with Gasteiger partial charge in [-0.1, -0.05) is 0 Å². The molecule has 0 bridgehead atoms. The minimum absolute atomic E-state index is 0.00347. The molecule has 0 aromatic carbocycles. The van der Waals surface area contributed by atoms with E-state index in [-0.39, 0.29) is 18.2 Å². The highest BCUT2D eigenvalue weighted by Crippen LogP contribution is 2.21. The third-order valence-electron chi connectivity index (χ3n) is 2.41. The summed E-state index contributed by atoms with van der Waals surface area (Å²) in [5.41, 5.74) is 0. The van der Waals surface area contributed by atoms with E-state index >= 15 is 0 Å². The molecule has 2 nitrogen and oxygen atoms in total. The summed E-state index contributed by atoms with van der Waals surface area (Å²) in [5.74, 6) is 0.241. The summed E-state index contributed by atoms with van der Waals surface area (Å²) in [4.78, 5) is 12.7. The summed E-state index contributed by atoms with van der Waals surface area (Å²) in [6.45, 7) is 0.257. The third kappa shape index (κ3) is 3.38. The molecular weight excluding hydrogens is 176 g/mol. The summed E-state index contributed by atoms with van der Waals surface area (Å²) in [7, 11) is 1.64. The lowest BCUT2D eigenvalue weighted by molar-refractivity contribution is -0.121. The third-order valence-corrected chi connectivity index (χ3v) is 2.41. The van der Waals surface area contributed by atoms with E-state index in [0.29, 0.717) is 13.0 Å². The Morgan fingerprint density at radius 3 is 2.77 bits per heavy atom. The van der Waals surface area contributed by atoms with Crippen LogP contribution >= 0.6 is 0 Å². The SMILES string of the molecule is CN(CC(F)F)CC1CCCC1=O. The minimum Gasteiger partial charge on any atom is -0.300 e. The first-order valence-electron chi connectivity index (χ1n) is 4.59. The first kappa shape index (κ1) is 10.6. The fourth-order valence-corrected chi connectivity index (χ4v) is 1.77. The highest BCUT2D eigenvalue weighted by Gasteiger charge is 2.25. The van der Waals surface area contributed by atoms with Gasteiger partial charge in [-0.05, 0) is 19.9 Å². The molecule has 1 aliphatic rings. The van der Waals surface area contributed by atoms with E-state index in [1.54, 1.807) is 11.9 Å². The molecule has 0 aromatic heterocycles. The van der Waals surface area contributed by atoms with Crippen LogP contribution in [-0.4, -0.2) is 37.2 Å². The average molecular weight is 191 g/mol. The summed E-state index contributed by atoms with van der Waals surface area (Å²) < 4.78 is 23.9. The molecule has 0 heterocycles. The van der Waals surface area contributed by atoms with Crippen molar-refractivity contribution in [1.29, 1.82) is 0 Å². The highest BCUT2D eigenvalue weighted by atomic mass is 19.3. The number of ketones is 1. The van der Waals surface area contributed by atoms with E-state index < -0.39 is 6.43 Å². The largest absolute Gasteiger partial charge is 0.300 e. The molecule has 0 aliphatic heterocycles. The van der Waals surface area contributed by atoms with Crippen molar-refractivity contribution in [2.24, 2.45) is 5.92 Å². The zero-order valence-corrected chi connectivity index (χ0v) is 7.80. The van der Waals surface area contributed by atoms with Gasteiger partial charge in [-0.25, -0.2) is 8.78 Å². The number of halogens is 2. The molecule has 1 fully saturated rings. The predicted molar refractivity (Wildman–Crippen MR) is 45.8 cm³/mol. The molecule has 13 heavy (non-hydrogen) atoms. The van der Waals surface area contributed by atoms with Crippen molar-refractivity contribution in [3.8, 4) is 0 Å². The zero-order chi connectivity index (χ0) is 9.84. The Morgan fingerprint density at radius 2 is 2.31 bits per heavy atom. The number of nitrogens with zero attached hydrogens (tertiary/aromatic N) is 1. The number of rotatable bonds is 4. The van der Waals surface area contributed by atoms with Crippen molar-refractivity contribution in [3.63, 3.8) is 0 Å². The fraction of sp³-hybridized carbons (Fsp3) is 0.889. The van der Waals surface area contributed by atoms with Gasteiger partial charge in [0, 0.05) is 18.9 Å². The molecule has 0 N–H and O–H groups in total. The van der Waals surface area contributed by atoms with Crippen molar-refractivity contribution in [3.05, 3.63) is 0 Å². The molecule has 0 amide bonds. The van der Waals surface area contributed by atoms with E-state index in [1.807, 2.05) is 0 Å². The fourth-order valence-electron chi connectivity index (χ4n) is 1.77. The van der Waals surface area contributed by atoms with E-state index in [0.717, 1.165) is 12.8 Å². The molecule has 76 valence electrons. The van der Waals surface area contributed by atoms with Gasteiger partial charge in [0.2, 0.25) is 0 Å². The van der Waals surface area contributed by atoms with E-state index in [2.05, 4.69) is 0 Å². The van der Waals surface area contributed by atoms with Crippen molar-refractivity contribution in [2.75, 3.05) is 20.1 Å². The van der Waals surface area contributed by atoms with Crippen LogP contribution in [0.15, 0.2) is 0 Å². The maximum atomic E-state index is 11.9. The monoisotopic (exact) mass is 191 g/mol. The molecule has 1 unspecified atom stereocenters. The van der Waals surface area contributed by atoms with Crippen molar-refractivity contribution < 1.29 is 13.6 Å². The minimum atomic E-state index is -2.30. The van der Waals surface area contributed by atoms with Crippen molar-refractivity contribution >= 4 is 5.78 Å². The van der Waals surface area contributed by atoms with Crippen LogP contribution in [0.5, 0.6) is 0 Å². The number of carbonyl (C=O) groups excluding carboxylic acids is 1.